The predicted molar refractivity (Wildman–Crippen MR) is 84.1 cm³/mol. The normalized spacial score (nSPS) is 10.8. The summed E-state index contributed by atoms with van der Waals surface area (Å²) in [5, 5.41) is 3.37. The lowest BCUT2D eigenvalue weighted by Gasteiger charge is -2.04. The molecular weight excluding hydrogens is 285 g/mol. The molecule has 106 valence electrons. The lowest BCUT2D eigenvalue weighted by Crippen LogP contribution is -2.21. The molecule has 21 heavy (non-hydrogen) atoms. The first kappa shape index (κ1) is 13.8. The summed E-state index contributed by atoms with van der Waals surface area (Å²) in [7, 11) is 0. The Morgan fingerprint density at radius 3 is 2.67 bits per heavy atom. The molecule has 0 radical (unpaired) electrons. The third-order valence-corrected chi connectivity index (χ3v) is 4.40. The van der Waals surface area contributed by atoms with Gasteiger partial charge in [-0.1, -0.05) is 35.9 Å². The van der Waals surface area contributed by atoms with Gasteiger partial charge in [-0.05, 0) is 30.7 Å². The maximum atomic E-state index is 13.6. The zero-order valence-corrected chi connectivity index (χ0v) is 12.3. The van der Waals surface area contributed by atoms with Crippen LogP contribution in [-0.4, -0.2) is 5.91 Å². The average Bonchev–Trinajstić information content (AvgIpc) is 2.92. The molecule has 0 aliphatic rings. The van der Waals surface area contributed by atoms with Crippen LogP contribution in [0.15, 0.2) is 48.5 Å². The highest BCUT2D eigenvalue weighted by Gasteiger charge is 2.12. The molecular formula is C17H14FNOS. The fraction of sp³-hybridized carbons (Fsp3) is 0.118. The molecule has 3 aromatic rings. The Labute approximate surface area is 126 Å². The van der Waals surface area contributed by atoms with Crippen LogP contribution >= 0.6 is 11.3 Å². The van der Waals surface area contributed by atoms with E-state index in [0.29, 0.717) is 16.8 Å². The van der Waals surface area contributed by atoms with E-state index in [9.17, 15) is 9.18 Å². The molecule has 1 aromatic heterocycles. The van der Waals surface area contributed by atoms with E-state index in [1.807, 2.05) is 37.3 Å². The molecule has 0 unspecified atom stereocenters. The number of aryl methyl sites for hydroxylation is 1. The van der Waals surface area contributed by atoms with E-state index in [0.717, 1.165) is 10.3 Å². The van der Waals surface area contributed by atoms with Crippen molar-refractivity contribution >= 4 is 27.3 Å². The molecule has 0 spiro atoms. The lowest BCUT2D eigenvalue weighted by atomic mass is 10.1. The quantitative estimate of drug-likeness (QED) is 0.768. The lowest BCUT2D eigenvalue weighted by molar-refractivity contribution is 0.0955. The van der Waals surface area contributed by atoms with Gasteiger partial charge in [0, 0.05) is 16.6 Å². The third-order valence-electron chi connectivity index (χ3n) is 3.31. The van der Waals surface area contributed by atoms with Gasteiger partial charge in [-0.3, -0.25) is 4.79 Å². The molecule has 0 bridgehead atoms. The van der Waals surface area contributed by atoms with Gasteiger partial charge >= 0.3 is 0 Å². The Morgan fingerprint density at radius 1 is 1.19 bits per heavy atom. The number of fused-ring (bicyclic) bond motifs is 1. The van der Waals surface area contributed by atoms with E-state index in [2.05, 4.69) is 5.32 Å². The van der Waals surface area contributed by atoms with Crippen molar-refractivity contribution in [3.8, 4) is 0 Å². The maximum absolute atomic E-state index is 13.6. The fourth-order valence-electron chi connectivity index (χ4n) is 2.11. The number of thiophene rings is 1. The van der Waals surface area contributed by atoms with Gasteiger partial charge in [-0.25, -0.2) is 4.39 Å². The summed E-state index contributed by atoms with van der Waals surface area (Å²) in [6.07, 6.45) is 0. The van der Waals surface area contributed by atoms with E-state index in [1.54, 1.807) is 12.1 Å². The number of nitrogens with one attached hydrogen (secondary N) is 1. The first-order valence-corrected chi connectivity index (χ1v) is 7.47. The molecule has 0 saturated heterocycles. The molecule has 2 aromatic carbocycles. The van der Waals surface area contributed by atoms with E-state index in [-0.39, 0.29) is 11.7 Å². The highest BCUT2D eigenvalue weighted by atomic mass is 32.1. The molecule has 1 amide bonds. The number of hydrogen-bond donors (Lipinski definition) is 1. The van der Waals surface area contributed by atoms with E-state index >= 15 is 0 Å². The van der Waals surface area contributed by atoms with Crippen LogP contribution in [0.25, 0.3) is 10.1 Å². The Balaban J connectivity index is 1.75. The summed E-state index contributed by atoms with van der Waals surface area (Å²) in [5.41, 5.74) is 2.23. The van der Waals surface area contributed by atoms with Gasteiger partial charge < -0.3 is 5.32 Å². The summed E-state index contributed by atoms with van der Waals surface area (Å²) in [6.45, 7) is 2.49. The van der Waals surface area contributed by atoms with E-state index in [1.165, 1.54) is 23.0 Å². The minimum atomic E-state index is -0.290. The highest BCUT2D eigenvalue weighted by molar-refractivity contribution is 7.20. The highest BCUT2D eigenvalue weighted by Crippen LogP contribution is 2.27. The summed E-state index contributed by atoms with van der Waals surface area (Å²) in [5.74, 6) is -0.461. The molecule has 1 heterocycles. The molecule has 1 N–H and O–H groups in total. The summed E-state index contributed by atoms with van der Waals surface area (Å²) >= 11 is 1.31. The van der Waals surface area contributed by atoms with Crippen LogP contribution in [-0.2, 0) is 6.54 Å². The number of halogens is 1. The number of benzene rings is 2. The Morgan fingerprint density at radius 2 is 1.95 bits per heavy atom. The van der Waals surface area contributed by atoms with Crippen molar-refractivity contribution in [1.82, 2.24) is 5.32 Å². The number of hydrogen-bond acceptors (Lipinski definition) is 2. The van der Waals surface area contributed by atoms with Crippen LogP contribution in [0.1, 0.15) is 20.8 Å². The van der Waals surface area contributed by atoms with E-state index < -0.39 is 0 Å². The smallest absolute Gasteiger partial charge is 0.261 e. The Bertz CT molecular complexity index is 792. The topological polar surface area (TPSA) is 29.1 Å². The molecule has 2 nitrogen and oxygen atoms in total. The van der Waals surface area contributed by atoms with Crippen molar-refractivity contribution in [2.75, 3.05) is 0 Å². The third kappa shape index (κ3) is 2.95. The van der Waals surface area contributed by atoms with Crippen molar-refractivity contribution in [3.05, 3.63) is 70.4 Å². The first-order valence-electron chi connectivity index (χ1n) is 6.65. The zero-order valence-electron chi connectivity index (χ0n) is 11.5. The first-order chi connectivity index (χ1) is 10.1. The SMILES string of the molecule is Cc1ccc(CNC(=O)c2cc3c(F)cccc3s2)cc1. The predicted octanol–water partition coefficient (Wildman–Crippen LogP) is 4.28. The minimum absolute atomic E-state index is 0.170. The fourth-order valence-corrected chi connectivity index (χ4v) is 3.10. The van der Waals surface area contributed by atoms with Gasteiger partial charge in [0.1, 0.15) is 5.82 Å². The van der Waals surface area contributed by atoms with Crippen LogP contribution in [0.2, 0.25) is 0 Å². The number of rotatable bonds is 3. The molecule has 3 rings (SSSR count). The van der Waals surface area contributed by atoms with Crippen molar-refractivity contribution in [3.63, 3.8) is 0 Å². The minimum Gasteiger partial charge on any atom is -0.347 e. The van der Waals surface area contributed by atoms with Crippen LogP contribution < -0.4 is 5.32 Å². The maximum Gasteiger partial charge on any atom is 0.261 e. The van der Waals surface area contributed by atoms with Crippen LogP contribution in [0.4, 0.5) is 4.39 Å². The Kier molecular flexibility index (Phi) is 3.71. The largest absolute Gasteiger partial charge is 0.347 e. The van der Waals surface area contributed by atoms with Gasteiger partial charge in [0.25, 0.3) is 5.91 Å². The van der Waals surface area contributed by atoms with Crippen LogP contribution in [0.5, 0.6) is 0 Å². The second kappa shape index (κ2) is 5.66. The molecule has 0 fully saturated rings. The van der Waals surface area contributed by atoms with Crippen molar-refractivity contribution < 1.29 is 9.18 Å². The number of carbonyl (C=O) groups excluding carboxylic acids is 1. The van der Waals surface area contributed by atoms with Crippen molar-refractivity contribution in [2.24, 2.45) is 0 Å². The number of carbonyl (C=O) groups is 1. The summed E-state index contributed by atoms with van der Waals surface area (Å²) in [6, 6.07) is 14.5. The zero-order chi connectivity index (χ0) is 14.8. The molecule has 0 aliphatic carbocycles. The number of amides is 1. The Hall–Kier alpha value is -2.20. The van der Waals surface area contributed by atoms with Crippen molar-refractivity contribution in [2.45, 2.75) is 13.5 Å². The monoisotopic (exact) mass is 299 g/mol. The average molecular weight is 299 g/mol. The van der Waals surface area contributed by atoms with Gasteiger partial charge in [-0.15, -0.1) is 11.3 Å². The molecule has 0 saturated carbocycles. The van der Waals surface area contributed by atoms with Gasteiger partial charge in [-0.2, -0.15) is 0 Å². The van der Waals surface area contributed by atoms with Crippen LogP contribution in [0, 0.1) is 12.7 Å². The molecule has 0 atom stereocenters. The standard InChI is InChI=1S/C17H14FNOS/c1-11-5-7-12(8-6-11)10-19-17(20)16-9-13-14(18)3-2-4-15(13)21-16/h2-9H,10H2,1H3,(H,19,20). The second-order valence-corrected chi connectivity index (χ2v) is 6.01. The van der Waals surface area contributed by atoms with Crippen LogP contribution in [0.3, 0.4) is 0 Å². The molecule has 4 heteroatoms. The van der Waals surface area contributed by atoms with Gasteiger partial charge in [0.2, 0.25) is 0 Å². The molecule has 0 aliphatic heterocycles. The van der Waals surface area contributed by atoms with Gasteiger partial charge in [0.15, 0.2) is 0 Å². The van der Waals surface area contributed by atoms with E-state index in [4.69, 9.17) is 0 Å². The second-order valence-electron chi connectivity index (χ2n) is 4.93. The van der Waals surface area contributed by atoms with Crippen molar-refractivity contribution in [1.29, 1.82) is 0 Å². The van der Waals surface area contributed by atoms with Gasteiger partial charge in [0.05, 0.1) is 4.88 Å². The summed E-state index contributed by atoms with van der Waals surface area (Å²) < 4.78 is 14.4. The summed E-state index contributed by atoms with van der Waals surface area (Å²) in [4.78, 5) is 12.7.